The zero-order chi connectivity index (χ0) is 25.7. The fourth-order valence-corrected chi connectivity index (χ4v) is 5.57. The molecule has 9 heteroatoms. The summed E-state index contributed by atoms with van der Waals surface area (Å²) in [7, 11) is 0. The number of carbonyl (C=O) groups is 3. The summed E-state index contributed by atoms with van der Waals surface area (Å²) in [5, 5.41) is 3.24. The molecule has 36 heavy (non-hydrogen) atoms. The molecule has 1 aromatic heterocycles. The third kappa shape index (κ3) is 6.21. The Hall–Kier alpha value is -3.01. The van der Waals surface area contributed by atoms with E-state index in [0.717, 1.165) is 28.0 Å². The smallest absolute Gasteiger partial charge is 0.341 e. The van der Waals surface area contributed by atoms with E-state index in [1.165, 1.54) is 23.8 Å². The third-order valence-corrected chi connectivity index (χ3v) is 7.50. The van der Waals surface area contributed by atoms with Gasteiger partial charge in [-0.1, -0.05) is 46.3 Å². The van der Waals surface area contributed by atoms with E-state index in [2.05, 4.69) is 38.3 Å². The summed E-state index contributed by atoms with van der Waals surface area (Å²) < 4.78 is 11.5. The van der Waals surface area contributed by atoms with E-state index in [1.807, 2.05) is 18.2 Å². The molecule has 1 aliphatic rings. The molecule has 0 saturated carbocycles. The molecule has 4 rings (SSSR count). The molecule has 0 unspecified atom stereocenters. The zero-order valence-corrected chi connectivity index (χ0v) is 22.5. The number of rotatable bonds is 8. The Morgan fingerprint density at radius 3 is 2.50 bits per heavy atom. The highest BCUT2D eigenvalue weighted by atomic mass is 79.9. The van der Waals surface area contributed by atoms with Crippen molar-refractivity contribution in [3.8, 4) is 0 Å². The van der Waals surface area contributed by atoms with Crippen LogP contribution in [0.3, 0.4) is 0 Å². The van der Waals surface area contributed by atoms with Gasteiger partial charge in [0.2, 0.25) is 0 Å². The summed E-state index contributed by atoms with van der Waals surface area (Å²) in [6.45, 7) is 5.76. The summed E-state index contributed by atoms with van der Waals surface area (Å²) in [6, 6.07) is 16.9. The van der Waals surface area contributed by atoms with E-state index in [4.69, 9.17) is 9.47 Å². The van der Waals surface area contributed by atoms with Crippen LogP contribution in [0, 0.1) is 0 Å². The van der Waals surface area contributed by atoms with E-state index < -0.39 is 23.9 Å². The second-order valence-electron chi connectivity index (χ2n) is 8.42. The molecule has 1 amide bonds. The van der Waals surface area contributed by atoms with Crippen LogP contribution in [0.1, 0.15) is 50.6 Å². The van der Waals surface area contributed by atoms with Gasteiger partial charge in [0.1, 0.15) is 5.00 Å². The predicted molar refractivity (Wildman–Crippen MR) is 142 cm³/mol. The number of nitrogens with zero attached hydrogens (tertiary/aromatic N) is 1. The topological polar surface area (TPSA) is 84.9 Å². The highest BCUT2D eigenvalue weighted by Gasteiger charge is 2.30. The van der Waals surface area contributed by atoms with E-state index in [1.54, 1.807) is 31.2 Å². The van der Waals surface area contributed by atoms with Crippen molar-refractivity contribution in [3.05, 3.63) is 86.2 Å². The number of hydrogen-bond acceptors (Lipinski definition) is 7. The number of thiophene rings is 1. The molecule has 7 nitrogen and oxygen atoms in total. The number of amides is 1. The second-order valence-corrected chi connectivity index (χ2v) is 10.4. The second kappa shape index (κ2) is 11.8. The lowest BCUT2D eigenvalue weighted by molar-refractivity contribution is -0.123. The molecule has 0 fully saturated rings. The molecule has 188 valence electrons. The Kier molecular flexibility index (Phi) is 8.56. The first kappa shape index (κ1) is 26.1. The number of nitrogens with one attached hydrogen (secondary N) is 1. The van der Waals surface area contributed by atoms with Crippen molar-refractivity contribution in [1.82, 2.24) is 4.90 Å². The molecule has 2 aromatic carbocycles. The molecule has 0 aliphatic carbocycles. The first-order chi connectivity index (χ1) is 17.4. The van der Waals surface area contributed by atoms with E-state index in [-0.39, 0.29) is 6.61 Å². The van der Waals surface area contributed by atoms with E-state index >= 15 is 0 Å². The minimum absolute atomic E-state index is 0.234. The van der Waals surface area contributed by atoms with Crippen LogP contribution in [-0.2, 0) is 33.8 Å². The lowest BCUT2D eigenvalue weighted by atomic mass is 10.0. The third-order valence-electron chi connectivity index (χ3n) is 5.83. The number of halogens is 1. The Morgan fingerprint density at radius 1 is 1.08 bits per heavy atom. The summed E-state index contributed by atoms with van der Waals surface area (Å²) in [4.78, 5) is 41.6. The number of benzene rings is 2. The standard InChI is InChI=1S/C27H27BrN2O5S/c1-3-34-27(33)23-21-13-14-30(15-18-7-5-4-6-8-18)16-22(21)36-25(23)29-24(31)17(2)35-26(32)19-9-11-20(28)12-10-19/h4-12,17H,3,13-16H2,1-2H3,(H,29,31)/t17-/m1/s1. The SMILES string of the molecule is CCOC(=O)c1c(NC(=O)[C@@H](C)OC(=O)c2ccc(Br)cc2)sc2c1CCN(Cc1ccccc1)C2. The van der Waals surface area contributed by atoms with Crippen LogP contribution in [-0.4, -0.2) is 42.0 Å². The maximum absolute atomic E-state index is 12.9. The van der Waals surface area contributed by atoms with Crippen molar-refractivity contribution < 1.29 is 23.9 Å². The van der Waals surface area contributed by atoms with Crippen molar-refractivity contribution in [1.29, 1.82) is 0 Å². The predicted octanol–water partition coefficient (Wildman–Crippen LogP) is 5.43. The van der Waals surface area contributed by atoms with Gasteiger partial charge >= 0.3 is 11.9 Å². The molecule has 0 radical (unpaired) electrons. The van der Waals surface area contributed by atoms with Gasteiger partial charge in [0.25, 0.3) is 5.91 Å². The van der Waals surface area contributed by atoms with Crippen LogP contribution >= 0.6 is 27.3 Å². The maximum Gasteiger partial charge on any atom is 0.341 e. The van der Waals surface area contributed by atoms with E-state index in [0.29, 0.717) is 29.1 Å². The average molecular weight is 571 g/mol. The number of fused-ring (bicyclic) bond motifs is 1. The van der Waals surface area contributed by atoms with Crippen molar-refractivity contribution in [3.63, 3.8) is 0 Å². The van der Waals surface area contributed by atoms with Gasteiger partial charge in [-0.25, -0.2) is 9.59 Å². The average Bonchev–Trinajstić information content (AvgIpc) is 3.22. The fourth-order valence-electron chi connectivity index (χ4n) is 4.02. The fraction of sp³-hybridized carbons (Fsp3) is 0.296. The molecule has 1 N–H and O–H groups in total. The Morgan fingerprint density at radius 2 is 1.81 bits per heavy atom. The van der Waals surface area contributed by atoms with Crippen LogP contribution in [0.4, 0.5) is 5.00 Å². The van der Waals surface area contributed by atoms with Crippen LogP contribution < -0.4 is 5.32 Å². The van der Waals surface area contributed by atoms with Crippen LogP contribution in [0.25, 0.3) is 0 Å². The van der Waals surface area contributed by atoms with Gasteiger partial charge < -0.3 is 14.8 Å². The number of carbonyl (C=O) groups excluding carboxylic acids is 3. The van der Waals surface area contributed by atoms with Crippen molar-refractivity contribution >= 4 is 50.1 Å². The molecule has 3 aromatic rings. The van der Waals surface area contributed by atoms with Gasteiger partial charge in [0.05, 0.1) is 17.7 Å². The number of anilines is 1. The van der Waals surface area contributed by atoms with Gasteiger partial charge in [-0.05, 0) is 55.7 Å². The van der Waals surface area contributed by atoms with Crippen LogP contribution in [0.2, 0.25) is 0 Å². The summed E-state index contributed by atoms with van der Waals surface area (Å²) in [5.74, 6) is -1.56. The first-order valence-electron chi connectivity index (χ1n) is 11.7. The maximum atomic E-state index is 12.9. The quantitative estimate of drug-likeness (QED) is 0.363. The van der Waals surface area contributed by atoms with Gasteiger partial charge in [0.15, 0.2) is 6.10 Å². The van der Waals surface area contributed by atoms with Gasteiger partial charge in [-0.3, -0.25) is 9.69 Å². The Bertz CT molecular complexity index is 1240. The number of hydrogen-bond donors (Lipinski definition) is 1. The summed E-state index contributed by atoms with van der Waals surface area (Å²) >= 11 is 4.70. The van der Waals surface area contributed by atoms with Gasteiger partial charge in [0, 0.05) is 29.0 Å². The minimum atomic E-state index is -1.05. The molecule has 1 aliphatic heterocycles. The lowest BCUT2D eigenvalue weighted by Gasteiger charge is -2.27. The Balaban J connectivity index is 1.49. The lowest BCUT2D eigenvalue weighted by Crippen LogP contribution is -2.31. The normalized spacial score (nSPS) is 14.0. The van der Waals surface area contributed by atoms with Gasteiger partial charge in [-0.15, -0.1) is 11.3 Å². The van der Waals surface area contributed by atoms with Crippen molar-refractivity contribution in [2.24, 2.45) is 0 Å². The molecule has 0 saturated heterocycles. The van der Waals surface area contributed by atoms with Crippen LogP contribution in [0.5, 0.6) is 0 Å². The largest absolute Gasteiger partial charge is 0.462 e. The number of ether oxygens (including phenoxy) is 2. The zero-order valence-electron chi connectivity index (χ0n) is 20.1. The molecular weight excluding hydrogens is 544 g/mol. The summed E-state index contributed by atoms with van der Waals surface area (Å²) in [6.07, 6.45) is -0.374. The number of esters is 2. The highest BCUT2D eigenvalue weighted by molar-refractivity contribution is 9.10. The molecule has 1 atom stereocenters. The monoisotopic (exact) mass is 570 g/mol. The molecular formula is C27H27BrN2O5S. The highest BCUT2D eigenvalue weighted by Crippen LogP contribution is 2.38. The minimum Gasteiger partial charge on any atom is -0.462 e. The molecule has 2 heterocycles. The van der Waals surface area contributed by atoms with E-state index in [9.17, 15) is 14.4 Å². The van der Waals surface area contributed by atoms with Crippen LogP contribution in [0.15, 0.2) is 59.1 Å². The van der Waals surface area contributed by atoms with Crippen molar-refractivity contribution in [2.45, 2.75) is 39.5 Å². The molecule has 0 bridgehead atoms. The molecule has 0 spiro atoms. The van der Waals surface area contributed by atoms with Gasteiger partial charge in [-0.2, -0.15) is 0 Å². The first-order valence-corrected chi connectivity index (χ1v) is 13.3. The van der Waals surface area contributed by atoms with Crippen molar-refractivity contribution in [2.75, 3.05) is 18.5 Å². The Labute approximate surface area is 222 Å². The summed E-state index contributed by atoms with van der Waals surface area (Å²) in [5.41, 5.74) is 2.88.